The van der Waals surface area contributed by atoms with Gasteiger partial charge in [-0.1, -0.05) is 54.6 Å². The van der Waals surface area contributed by atoms with Crippen molar-refractivity contribution in [3.63, 3.8) is 0 Å². The Morgan fingerprint density at radius 1 is 0.667 bits per heavy atom. The zero-order chi connectivity index (χ0) is 22.4. The normalized spacial score (nSPS) is 11.9. The van der Waals surface area contributed by atoms with E-state index in [4.69, 9.17) is 0 Å². The minimum atomic E-state index is -4.93. The zero-order valence-electron chi connectivity index (χ0n) is 17.5. The molecule has 158 valence electrons. The van der Waals surface area contributed by atoms with E-state index < -0.39 is 35.8 Å². The summed E-state index contributed by atoms with van der Waals surface area (Å²) in [6.07, 6.45) is 0. The maximum absolute atomic E-state index is 11.7. The third kappa shape index (κ3) is 5.65. The molecule has 9 nitrogen and oxygen atoms in total. The van der Waals surface area contributed by atoms with Crippen molar-refractivity contribution in [3.05, 3.63) is 66.7 Å². The van der Waals surface area contributed by atoms with Crippen molar-refractivity contribution in [2.24, 2.45) is 10.2 Å². The van der Waals surface area contributed by atoms with Gasteiger partial charge in [0.2, 0.25) is 0 Å². The fraction of sp³-hybridized carbons (Fsp3) is 0. The molecule has 4 aromatic rings. The summed E-state index contributed by atoms with van der Waals surface area (Å²) in [5, 5.41) is 19.1. The van der Waals surface area contributed by atoms with Gasteiger partial charge < -0.3 is 14.2 Å². The van der Waals surface area contributed by atoms with Crippen LogP contribution in [0.2, 0.25) is 0 Å². The van der Waals surface area contributed by atoms with E-state index in [0.717, 1.165) is 12.1 Å². The minimum Gasteiger partial charge on any atom is -0.744 e. The number of hydrogen-bond donors (Lipinski definition) is 1. The van der Waals surface area contributed by atoms with Crippen LogP contribution >= 0.6 is 0 Å². The molecule has 0 heterocycles. The molecule has 0 aliphatic rings. The van der Waals surface area contributed by atoms with Crippen molar-refractivity contribution in [1.82, 2.24) is 0 Å². The third-order valence-electron chi connectivity index (χ3n) is 4.62. The molecule has 0 atom stereocenters. The van der Waals surface area contributed by atoms with Crippen LogP contribution in [-0.2, 0) is 20.2 Å². The fourth-order valence-corrected chi connectivity index (χ4v) is 4.57. The first-order valence-electron chi connectivity index (χ1n) is 8.67. The quantitative estimate of drug-likeness (QED) is 0.191. The molecule has 0 aliphatic heterocycles. The summed E-state index contributed by atoms with van der Waals surface area (Å²) in [7, 11) is -9.84. The van der Waals surface area contributed by atoms with Crippen molar-refractivity contribution in [1.29, 1.82) is 0 Å². The van der Waals surface area contributed by atoms with E-state index in [9.17, 15) is 31.0 Å². The van der Waals surface area contributed by atoms with Gasteiger partial charge in [0, 0.05) is 16.2 Å². The number of nitrogens with zero attached hydrogens (tertiary/aromatic N) is 2. The first-order chi connectivity index (χ1) is 14.6. The van der Waals surface area contributed by atoms with Crippen LogP contribution in [0.25, 0.3) is 21.5 Å². The number of azo groups is 1. The van der Waals surface area contributed by atoms with Gasteiger partial charge in [-0.3, -0.25) is 0 Å². The number of fused-ring (bicyclic) bond motifs is 2. The van der Waals surface area contributed by atoms with Crippen LogP contribution in [0, 0.1) is 0 Å². The first kappa shape index (κ1) is 27.9. The Kier molecular flexibility index (Phi) is 8.85. The maximum Gasteiger partial charge on any atom is 1.00 e. The fourth-order valence-electron chi connectivity index (χ4n) is 3.24. The van der Waals surface area contributed by atoms with Crippen molar-refractivity contribution >= 4 is 53.2 Å². The van der Waals surface area contributed by atoms with E-state index in [0.29, 0.717) is 10.8 Å². The van der Waals surface area contributed by atoms with Crippen molar-refractivity contribution in [2.45, 2.75) is 9.79 Å². The molecule has 0 unspecified atom stereocenters. The molecule has 0 spiro atoms. The van der Waals surface area contributed by atoms with Crippen LogP contribution in [0.4, 0.5) is 11.4 Å². The molecule has 0 saturated carbocycles. The zero-order valence-corrected chi connectivity index (χ0v) is 23.1. The number of aromatic hydroxyl groups is 1. The van der Waals surface area contributed by atoms with Crippen molar-refractivity contribution in [2.75, 3.05) is 0 Å². The Balaban J connectivity index is 0.00000193. The van der Waals surface area contributed by atoms with Gasteiger partial charge in [0.1, 0.15) is 31.6 Å². The summed E-state index contributed by atoms with van der Waals surface area (Å²) in [4.78, 5) is -1.25. The molecule has 4 rings (SSSR count). The molecular formula is C20H12N2Na2O7S2. The van der Waals surface area contributed by atoms with E-state index >= 15 is 0 Å². The second-order valence-electron chi connectivity index (χ2n) is 6.53. The second kappa shape index (κ2) is 10.5. The van der Waals surface area contributed by atoms with Crippen molar-refractivity contribution < 1.29 is 90.2 Å². The van der Waals surface area contributed by atoms with Crippen LogP contribution in [0.1, 0.15) is 0 Å². The van der Waals surface area contributed by atoms with Gasteiger partial charge in [0.05, 0.1) is 9.79 Å². The predicted octanol–water partition coefficient (Wildman–Crippen LogP) is -2.07. The summed E-state index contributed by atoms with van der Waals surface area (Å²) < 4.78 is 70.3. The summed E-state index contributed by atoms with van der Waals surface area (Å²) in [5.74, 6) is -0.460. The van der Waals surface area contributed by atoms with E-state index in [1.807, 2.05) is 0 Å². The van der Waals surface area contributed by atoms with Gasteiger partial charge in [-0.05, 0) is 17.5 Å². The average molecular weight is 502 g/mol. The van der Waals surface area contributed by atoms with E-state index in [2.05, 4.69) is 10.2 Å². The monoisotopic (exact) mass is 502 g/mol. The minimum absolute atomic E-state index is 0. The average Bonchev–Trinajstić information content (AvgIpc) is 2.71. The van der Waals surface area contributed by atoms with Gasteiger partial charge in [0.25, 0.3) is 0 Å². The second-order valence-corrected chi connectivity index (χ2v) is 9.23. The molecule has 13 heteroatoms. The number of benzene rings is 4. The van der Waals surface area contributed by atoms with Gasteiger partial charge in [0.15, 0.2) is 5.75 Å². The Hall–Kier alpha value is -1.38. The van der Waals surface area contributed by atoms with Crippen LogP contribution < -0.4 is 59.1 Å². The van der Waals surface area contributed by atoms with Crippen molar-refractivity contribution in [3.8, 4) is 5.75 Å². The summed E-state index contributed by atoms with van der Waals surface area (Å²) in [6.45, 7) is 0. The number of hydrogen-bond acceptors (Lipinski definition) is 9. The molecule has 0 bridgehead atoms. The maximum atomic E-state index is 11.7. The Morgan fingerprint density at radius 2 is 1.21 bits per heavy atom. The molecule has 1 N–H and O–H groups in total. The standard InChI is InChI=1S/C20H14N2O7S2.2Na/c23-20-15-8-4-3-7-14(15)18(31(27,28)29)11-16(20)21-22-19-13-6-2-1-5-12(13)9-10-17(19)30(24,25)26;;/h1-11,23H,(H,24,25,26)(H,27,28,29);;/q;2*+1/p-2. The van der Waals surface area contributed by atoms with Gasteiger partial charge in [-0.15, -0.1) is 10.2 Å². The van der Waals surface area contributed by atoms with Gasteiger partial charge in [-0.25, -0.2) is 16.8 Å². The van der Waals surface area contributed by atoms with E-state index in [-0.39, 0.29) is 81.3 Å². The molecule has 0 amide bonds. The van der Waals surface area contributed by atoms with Gasteiger partial charge in [-0.2, -0.15) is 0 Å². The Morgan fingerprint density at radius 3 is 1.82 bits per heavy atom. The largest absolute Gasteiger partial charge is 1.00 e. The van der Waals surface area contributed by atoms with Crippen LogP contribution in [0.3, 0.4) is 0 Å². The molecule has 0 saturated heterocycles. The van der Waals surface area contributed by atoms with Crippen LogP contribution in [-0.4, -0.2) is 31.0 Å². The Labute approximate surface area is 233 Å². The number of rotatable bonds is 4. The first-order valence-corrected chi connectivity index (χ1v) is 11.5. The molecule has 0 radical (unpaired) electrons. The SMILES string of the molecule is O=S(=O)([O-])c1ccc2ccccc2c1N=Nc1cc(S(=O)(=O)[O-])c2ccccc2c1O.[Na+].[Na+]. The van der Waals surface area contributed by atoms with E-state index in [1.54, 1.807) is 18.2 Å². The third-order valence-corrected chi connectivity index (χ3v) is 6.36. The molecule has 0 fully saturated rings. The topological polar surface area (TPSA) is 159 Å². The smallest absolute Gasteiger partial charge is 0.744 e. The molecule has 0 aliphatic carbocycles. The van der Waals surface area contributed by atoms with Gasteiger partial charge >= 0.3 is 59.1 Å². The molecule has 4 aromatic carbocycles. The van der Waals surface area contributed by atoms with Crippen LogP contribution in [0.5, 0.6) is 5.75 Å². The summed E-state index contributed by atoms with van der Waals surface area (Å²) in [6, 6.07) is 15.7. The molecule has 0 aromatic heterocycles. The number of phenols is 1. The van der Waals surface area contributed by atoms with E-state index in [1.165, 1.54) is 36.4 Å². The summed E-state index contributed by atoms with van der Waals surface area (Å²) in [5.41, 5.74) is -0.650. The summed E-state index contributed by atoms with van der Waals surface area (Å²) >= 11 is 0. The molecule has 33 heavy (non-hydrogen) atoms. The van der Waals surface area contributed by atoms with Crippen LogP contribution in [0.15, 0.2) is 86.7 Å². The number of phenolic OH excluding ortho intramolecular Hbond substituents is 1. The predicted molar refractivity (Wildman–Crippen MR) is 110 cm³/mol. The Bertz CT molecular complexity index is 1610. The molecular weight excluding hydrogens is 490 g/mol.